The predicted molar refractivity (Wildman–Crippen MR) is 68.0 cm³/mol. The van der Waals surface area contributed by atoms with Gasteiger partial charge in [0.25, 0.3) is 0 Å². The number of ether oxygens (including phenoxy) is 1. The molecular formula is C13H19FN2O. The minimum Gasteiger partial charge on any atom is -0.491 e. The highest BCUT2D eigenvalue weighted by atomic mass is 19.1. The Hall–Kier alpha value is -1.45. The van der Waals surface area contributed by atoms with E-state index in [9.17, 15) is 4.39 Å². The van der Waals surface area contributed by atoms with Gasteiger partial charge in [0.15, 0.2) is 11.6 Å². The number of hydrogen-bond acceptors (Lipinski definition) is 3. The highest BCUT2D eigenvalue weighted by molar-refractivity contribution is 5.70. The smallest absolute Gasteiger partial charge is 0.167 e. The van der Waals surface area contributed by atoms with Crippen molar-refractivity contribution in [3.63, 3.8) is 0 Å². The van der Waals surface area contributed by atoms with Crippen LogP contribution in [0.2, 0.25) is 0 Å². The lowest BCUT2D eigenvalue weighted by Crippen LogP contribution is -2.27. The number of nitrogen functional groups attached to an aromatic ring is 1. The van der Waals surface area contributed by atoms with Crippen LogP contribution in [-0.2, 0) is 0 Å². The Morgan fingerprint density at radius 1 is 1.53 bits per heavy atom. The second-order valence-corrected chi connectivity index (χ2v) is 4.46. The van der Waals surface area contributed by atoms with Crippen LogP contribution in [0.25, 0.3) is 0 Å². The molecule has 2 N–H and O–H groups in total. The van der Waals surface area contributed by atoms with Crippen LogP contribution in [0.1, 0.15) is 26.7 Å². The van der Waals surface area contributed by atoms with Crippen LogP contribution in [0.5, 0.6) is 5.75 Å². The zero-order valence-corrected chi connectivity index (χ0v) is 10.4. The number of nitrogens with two attached hydrogens (primary N) is 1. The number of hydrogen-bond donors (Lipinski definition) is 1. The van der Waals surface area contributed by atoms with Gasteiger partial charge in [-0.25, -0.2) is 4.39 Å². The van der Waals surface area contributed by atoms with Crippen LogP contribution >= 0.6 is 0 Å². The van der Waals surface area contributed by atoms with E-state index in [0.29, 0.717) is 18.3 Å². The van der Waals surface area contributed by atoms with E-state index in [1.807, 2.05) is 6.92 Å². The summed E-state index contributed by atoms with van der Waals surface area (Å²) in [5.41, 5.74) is 7.27. The van der Waals surface area contributed by atoms with Gasteiger partial charge in [0.2, 0.25) is 0 Å². The largest absolute Gasteiger partial charge is 0.491 e. The van der Waals surface area contributed by atoms with E-state index in [1.54, 1.807) is 6.07 Å². The number of halogens is 1. The molecule has 1 aromatic carbocycles. The van der Waals surface area contributed by atoms with Gasteiger partial charge in [-0.3, -0.25) is 0 Å². The fraction of sp³-hybridized carbons (Fsp3) is 0.538. The van der Waals surface area contributed by atoms with E-state index < -0.39 is 0 Å². The highest BCUT2D eigenvalue weighted by Crippen LogP contribution is 2.35. The first kappa shape index (κ1) is 12.0. The van der Waals surface area contributed by atoms with E-state index in [1.165, 1.54) is 6.07 Å². The quantitative estimate of drug-likeness (QED) is 0.823. The van der Waals surface area contributed by atoms with Crippen molar-refractivity contribution >= 4 is 11.4 Å². The Morgan fingerprint density at radius 2 is 2.29 bits per heavy atom. The average molecular weight is 238 g/mol. The molecule has 94 valence electrons. The monoisotopic (exact) mass is 238 g/mol. The maximum atomic E-state index is 13.6. The molecule has 0 saturated carbocycles. The molecule has 4 heteroatoms. The van der Waals surface area contributed by atoms with E-state index in [2.05, 4.69) is 11.8 Å². The van der Waals surface area contributed by atoms with Crippen molar-refractivity contribution in [1.29, 1.82) is 0 Å². The summed E-state index contributed by atoms with van der Waals surface area (Å²) in [4.78, 5) is 2.22. The van der Waals surface area contributed by atoms with Crippen molar-refractivity contribution in [3.05, 3.63) is 17.9 Å². The van der Waals surface area contributed by atoms with Gasteiger partial charge in [-0.15, -0.1) is 0 Å². The van der Waals surface area contributed by atoms with Gasteiger partial charge in [0.1, 0.15) is 0 Å². The molecule has 1 unspecified atom stereocenters. The third-order valence-corrected chi connectivity index (χ3v) is 3.24. The summed E-state index contributed by atoms with van der Waals surface area (Å²) in [6, 6.07) is 3.53. The lowest BCUT2D eigenvalue weighted by molar-refractivity contribution is 0.321. The lowest BCUT2D eigenvalue weighted by atomic mass is 10.2. The molecule has 1 fully saturated rings. The van der Waals surface area contributed by atoms with Gasteiger partial charge in [0, 0.05) is 24.7 Å². The van der Waals surface area contributed by atoms with E-state index in [-0.39, 0.29) is 11.6 Å². The van der Waals surface area contributed by atoms with E-state index >= 15 is 0 Å². The molecule has 17 heavy (non-hydrogen) atoms. The molecule has 3 nitrogen and oxygen atoms in total. The number of rotatable bonds is 3. The van der Waals surface area contributed by atoms with Gasteiger partial charge in [-0.1, -0.05) is 0 Å². The lowest BCUT2D eigenvalue weighted by Gasteiger charge is -2.26. The molecular weight excluding hydrogens is 219 g/mol. The normalized spacial score (nSPS) is 19.7. The Balaban J connectivity index is 2.35. The van der Waals surface area contributed by atoms with E-state index in [4.69, 9.17) is 10.5 Å². The maximum absolute atomic E-state index is 13.6. The number of nitrogens with zero attached hydrogens (tertiary/aromatic N) is 1. The van der Waals surface area contributed by atoms with Crippen LogP contribution in [0, 0.1) is 5.82 Å². The molecule has 0 spiro atoms. The molecule has 0 aromatic heterocycles. The Morgan fingerprint density at radius 3 is 2.88 bits per heavy atom. The van der Waals surface area contributed by atoms with E-state index in [0.717, 1.165) is 25.1 Å². The molecule has 0 radical (unpaired) electrons. The minimum absolute atomic E-state index is 0.288. The summed E-state index contributed by atoms with van der Waals surface area (Å²) in [5.74, 6) is -0.101. The first-order valence-electron chi connectivity index (χ1n) is 6.12. The van der Waals surface area contributed by atoms with Crippen molar-refractivity contribution in [2.24, 2.45) is 0 Å². The molecule has 0 amide bonds. The van der Waals surface area contributed by atoms with Crippen molar-refractivity contribution in [2.75, 3.05) is 23.8 Å². The third kappa shape index (κ3) is 2.30. The first-order chi connectivity index (χ1) is 8.13. The SMILES string of the molecule is CCOc1cc(N2CCCC2C)c(N)cc1F. The molecule has 1 atom stereocenters. The second kappa shape index (κ2) is 4.82. The number of benzene rings is 1. The average Bonchev–Trinajstić information content (AvgIpc) is 2.69. The topological polar surface area (TPSA) is 38.5 Å². The molecule has 2 rings (SSSR count). The van der Waals surface area contributed by atoms with Gasteiger partial charge < -0.3 is 15.4 Å². The van der Waals surface area contributed by atoms with Crippen LogP contribution in [0.15, 0.2) is 12.1 Å². The van der Waals surface area contributed by atoms with Crippen LogP contribution in [-0.4, -0.2) is 19.2 Å². The third-order valence-electron chi connectivity index (χ3n) is 3.24. The highest BCUT2D eigenvalue weighted by Gasteiger charge is 2.23. The molecule has 0 aliphatic carbocycles. The summed E-state index contributed by atoms with van der Waals surface area (Å²) < 4.78 is 18.8. The zero-order valence-electron chi connectivity index (χ0n) is 10.4. The van der Waals surface area contributed by atoms with Crippen LogP contribution < -0.4 is 15.4 Å². The van der Waals surface area contributed by atoms with Crippen molar-refractivity contribution in [2.45, 2.75) is 32.7 Å². The van der Waals surface area contributed by atoms with Crippen molar-refractivity contribution in [1.82, 2.24) is 0 Å². The summed E-state index contributed by atoms with van der Waals surface area (Å²) >= 11 is 0. The molecule has 1 aromatic rings. The van der Waals surface area contributed by atoms with Crippen LogP contribution in [0.3, 0.4) is 0 Å². The number of anilines is 2. The predicted octanol–water partition coefficient (Wildman–Crippen LogP) is 2.80. The molecule has 1 heterocycles. The minimum atomic E-state index is -0.389. The van der Waals surface area contributed by atoms with Gasteiger partial charge in [-0.2, -0.15) is 0 Å². The van der Waals surface area contributed by atoms with Gasteiger partial charge in [-0.05, 0) is 26.7 Å². The Labute approximate surface area is 101 Å². The summed E-state index contributed by atoms with van der Waals surface area (Å²) in [6.45, 7) is 5.43. The summed E-state index contributed by atoms with van der Waals surface area (Å²) in [6.07, 6.45) is 2.31. The van der Waals surface area contributed by atoms with Crippen molar-refractivity contribution in [3.8, 4) is 5.75 Å². The summed E-state index contributed by atoms with van der Waals surface area (Å²) in [7, 11) is 0. The molecule has 1 aliphatic heterocycles. The van der Waals surface area contributed by atoms with Crippen molar-refractivity contribution < 1.29 is 9.13 Å². The molecule has 0 bridgehead atoms. The standard InChI is InChI=1S/C13H19FN2O/c1-3-17-13-8-12(11(15)7-10(13)14)16-6-4-5-9(16)2/h7-9H,3-6,15H2,1-2H3. The fourth-order valence-electron chi connectivity index (χ4n) is 2.36. The van der Waals surface area contributed by atoms with Crippen LogP contribution in [0.4, 0.5) is 15.8 Å². The van der Waals surface area contributed by atoms with Gasteiger partial charge in [0.05, 0.1) is 18.0 Å². The van der Waals surface area contributed by atoms with Gasteiger partial charge >= 0.3 is 0 Å². The first-order valence-corrected chi connectivity index (χ1v) is 6.12. The maximum Gasteiger partial charge on any atom is 0.167 e. The zero-order chi connectivity index (χ0) is 12.4. The Bertz CT molecular complexity index is 409. The molecule has 1 aliphatic rings. The molecule has 1 saturated heterocycles. The fourth-order valence-corrected chi connectivity index (χ4v) is 2.36. The Kier molecular flexibility index (Phi) is 3.41. The second-order valence-electron chi connectivity index (χ2n) is 4.46. The summed E-state index contributed by atoms with van der Waals surface area (Å²) in [5, 5.41) is 0.